The smallest absolute Gasteiger partial charge is 0.166 e. The molecule has 1 atom stereocenters. The number of carbonyl (C=O) groups is 1. The first-order chi connectivity index (χ1) is 6.63. The van der Waals surface area contributed by atoms with Crippen LogP contribution in [0.25, 0.3) is 0 Å². The van der Waals surface area contributed by atoms with Gasteiger partial charge in [0.1, 0.15) is 5.82 Å². The van der Waals surface area contributed by atoms with E-state index in [1.165, 1.54) is 12.3 Å². The van der Waals surface area contributed by atoms with Gasteiger partial charge in [-0.1, -0.05) is 6.92 Å². The number of halogens is 1. The maximum atomic E-state index is 12.7. The third-order valence-corrected chi connectivity index (χ3v) is 2.00. The molecular weight excluding hydrogens is 183 g/mol. The molecule has 0 spiro atoms. The van der Waals surface area contributed by atoms with Crippen molar-refractivity contribution in [1.82, 2.24) is 4.98 Å². The quantitative estimate of drug-likeness (QED) is 0.743. The number of ketones is 1. The van der Waals surface area contributed by atoms with Gasteiger partial charge >= 0.3 is 0 Å². The number of hydrogen-bond acceptors (Lipinski definition) is 3. The van der Waals surface area contributed by atoms with Crippen molar-refractivity contribution in [2.24, 2.45) is 5.73 Å². The largest absolute Gasteiger partial charge is 0.327 e. The Balaban J connectivity index is 2.70. The highest BCUT2D eigenvalue weighted by atomic mass is 19.1. The summed E-state index contributed by atoms with van der Waals surface area (Å²) in [5, 5.41) is 0. The first-order valence-electron chi connectivity index (χ1n) is 4.52. The van der Waals surface area contributed by atoms with Gasteiger partial charge in [-0.25, -0.2) is 4.39 Å². The Morgan fingerprint density at radius 1 is 1.64 bits per heavy atom. The topological polar surface area (TPSA) is 56.0 Å². The summed E-state index contributed by atoms with van der Waals surface area (Å²) in [4.78, 5) is 15.1. The van der Waals surface area contributed by atoms with Crippen LogP contribution in [0.2, 0.25) is 0 Å². The summed E-state index contributed by atoms with van der Waals surface area (Å²) >= 11 is 0. The van der Waals surface area contributed by atoms with E-state index in [0.29, 0.717) is 0 Å². The lowest BCUT2D eigenvalue weighted by Gasteiger charge is -2.06. The van der Waals surface area contributed by atoms with E-state index >= 15 is 0 Å². The van der Waals surface area contributed by atoms with E-state index in [1.54, 1.807) is 0 Å². The molecule has 3 nitrogen and oxygen atoms in total. The van der Waals surface area contributed by atoms with Crippen molar-refractivity contribution < 1.29 is 9.18 Å². The molecule has 1 rings (SSSR count). The molecule has 14 heavy (non-hydrogen) atoms. The second kappa shape index (κ2) is 4.81. The van der Waals surface area contributed by atoms with E-state index in [-0.39, 0.29) is 23.8 Å². The SMILES string of the molecule is CCC(N)CC(=O)c1cncc(F)c1. The van der Waals surface area contributed by atoms with Gasteiger partial charge < -0.3 is 5.73 Å². The van der Waals surface area contributed by atoms with E-state index in [4.69, 9.17) is 5.73 Å². The van der Waals surface area contributed by atoms with Crippen LogP contribution in [0.1, 0.15) is 30.1 Å². The maximum Gasteiger partial charge on any atom is 0.166 e. The van der Waals surface area contributed by atoms with E-state index < -0.39 is 5.82 Å². The van der Waals surface area contributed by atoms with Gasteiger partial charge in [-0.2, -0.15) is 0 Å². The molecule has 0 bridgehead atoms. The maximum absolute atomic E-state index is 12.7. The highest BCUT2D eigenvalue weighted by Gasteiger charge is 2.10. The van der Waals surface area contributed by atoms with E-state index in [1.807, 2.05) is 6.92 Å². The number of pyridine rings is 1. The summed E-state index contributed by atoms with van der Waals surface area (Å²) in [7, 11) is 0. The van der Waals surface area contributed by atoms with Crippen LogP contribution in [0.5, 0.6) is 0 Å². The summed E-state index contributed by atoms with van der Waals surface area (Å²) in [5.41, 5.74) is 5.90. The lowest BCUT2D eigenvalue weighted by atomic mass is 10.0. The van der Waals surface area contributed by atoms with Crippen molar-refractivity contribution in [3.05, 3.63) is 29.8 Å². The van der Waals surface area contributed by atoms with E-state index in [0.717, 1.165) is 12.6 Å². The van der Waals surface area contributed by atoms with Crippen molar-refractivity contribution in [2.75, 3.05) is 0 Å². The summed E-state index contributed by atoms with van der Waals surface area (Å²) in [5.74, 6) is -0.660. The van der Waals surface area contributed by atoms with Gasteiger partial charge in [0, 0.05) is 24.2 Å². The number of Topliss-reactive ketones (excluding diaryl/α,β-unsaturated/α-hetero) is 1. The average Bonchev–Trinajstić information content (AvgIpc) is 2.17. The van der Waals surface area contributed by atoms with Gasteiger partial charge in [0.2, 0.25) is 0 Å². The van der Waals surface area contributed by atoms with Gasteiger partial charge in [-0.3, -0.25) is 9.78 Å². The molecule has 0 saturated carbocycles. The lowest BCUT2D eigenvalue weighted by molar-refractivity contribution is 0.0973. The average molecular weight is 196 g/mol. The minimum absolute atomic E-state index is 0.161. The molecule has 0 amide bonds. The zero-order chi connectivity index (χ0) is 10.6. The molecule has 1 unspecified atom stereocenters. The molecule has 1 aromatic heterocycles. The van der Waals surface area contributed by atoms with Crippen molar-refractivity contribution in [3.8, 4) is 0 Å². The molecule has 1 heterocycles. The molecule has 76 valence electrons. The van der Waals surface area contributed by atoms with Crippen LogP contribution < -0.4 is 5.73 Å². The first kappa shape index (κ1) is 10.8. The summed E-state index contributed by atoms with van der Waals surface area (Å²) in [6.45, 7) is 1.90. The second-order valence-electron chi connectivity index (χ2n) is 3.19. The van der Waals surface area contributed by atoms with Crippen LogP contribution in [-0.2, 0) is 0 Å². The molecular formula is C10H13FN2O. The Morgan fingerprint density at radius 2 is 2.36 bits per heavy atom. The molecule has 2 N–H and O–H groups in total. The Hall–Kier alpha value is -1.29. The van der Waals surface area contributed by atoms with Crippen LogP contribution in [0.3, 0.4) is 0 Å². The van der Waals surface area contributed by atoms with Gasteiger partial charge in [0.15, 0.2) is 5.78 Å². The highest BCUT2D eigenvalue weighted by Crippen LogP contribution is 2.06. The highest BCUT2D eigenvalue weighted by molar-refractivity contribution is 5.96. The predicted molar refractivity (Wildman–Crippen MR) is 51.4 cm³/mol. The summed E-state index contributed by atoms with van der Waals surface area (Å²) < 4.78 is 12.7. The zero-order valence-electron chi connectivity index (χ0n) is 8.03. The van der Waals surface area contributed by atoms with Gasteiger partial charge in [0.25, 0.3) is 0 Å². The molecule has 1 aromatic rings. The minimum atomic E-state index is -0.499. The third-order valence-electron chi connectivity index (χ3n) is 2.00. The van der Waals surface area contributed by atoms with Crippen LogP contribution >= 0.6 is 0 Å². The molecule has 0 radical (unpaired) electrons. The van der Waals surface area contributed by atoms with Gasteiger partial charge in [0.05, 0.1) is 6.20 Å². The molecule has 0 aliphatic heterocycles. The Kier molecular flexibility index (Phi) is 3.71. The number of nitrogens with two attached hydrogens (primary N) is 1. The predicted octanol–water partition coefficient (Wildman–Crippen LogP) is 1.53. The third kappa shape index (κ3) is 2.88. The van der Waals surface area contributed by atoms with E-state index in [9.17, 15) is 9.18 Å². The van der Waals surface area contributed by atoms with Crippen LogP contribution in [0, 0.1) is 5.82 Å². The molecule has 0 aliphatic carbocycles. The normalized spacial score (nSPS) is 12.5. The second-order valence-corrected chi connectivity index (χ2v) is 3.19. The van der Waals surface area contributed by atoms with Gasteiger partial charge in [-0.15, -0.1) is 0 Å². The number of rotatable bonds is 4. The van der Waals surface area contributed by atoms with Crippen molar-refractivity contribution in [2.45, 2.75) is 25.8 Å². The van der Waals surface area contributed by atoms with Crippen LogP contribution in [0.15, 0.2) is 18.5 Å². The number of carbonyl (C=O) groups excluding carboxylic acids is 1. The fraction of sp³-hybridized carbons (Fsp3) is 0.400. The number of aromatic nitrogens is 1. The Bertz CT molecular complexity index is 328. The zero-order valence-corrected chi connectivity index (χ0v) is 8.03. The molecule has 0 saturated heterocycles. The monoisotopic (exact) mass is 196 g/mol. The first-order valence-corrected chi connectivity index (χ1v) is 4.52. The lowest BCUT2D eigenvalue weighted by Crippen LogP contribution is -2.22. The Morgan fingerprint density at radius 3 is 2.93 bits per heavy atom. The van der Waals surface area contributed by atoms with E-state index in [2.05, 4.69) is 4.98 Å². The van der Waals surface area contributed by atoms with Crippen molar-refractivity contribution in [3.63, 3.8) is 0 Å². The molecule has 0 aliphatic rings. The molecule has 4 heteroatoms. The van der Waals surface area contributed by atoms with Crippen LogP contribution in [-0.4, -0.2) is 16.8 Å². The fourth-order valence-corrected chi connectivity index (χ4v) is 1.06. The summed E-state index contributed by atoms with van der Waals surface area (Å²) in [6, 6.07) is 1.02. The molecule has 0 aromatic carbocycles. The van der Waals surface area contributed by atoms with Crippen molar-refractivity contribution in [1.29, 1.82) is 0 Å². The standard InChI is InChI=1S/C10H13FN2O/c1-2-9(12)4-10(14)7-3-8(11)6-13-5-7/h3,5-6,9H,2,4,12H2,1H3. The van der Waals surface area contributed by atoms with Crippen LogP contribution in [0.4, 0.5) is 4.39 Å². The van der Waals surface area contributed by atoms with Gasteiger partial charge in [-0.05, 0) is 12.5 Å². The molecule has 0 fully saturated rings. The number of nitrogens with zero attached hydrogens (tertiary/aromatic N) is 1. The summed E-state index contributed by atoms with van der Waals surface area (Å²) in [6.07, 6.45) is 3.39. The van der Waals surface area contributed by atoms with Crippen molar-refractivity contribution >= 4 is 5.78 Å². The fourth-order valence-electron chi connectivity index (χ4n) is 1.06. The minimum Gasteiger partial charge on any atom is -0.327 e. The Labute approximate surface area is 82.1 Å². The number of hydrogen-bond donors (Lipinski definition) is 1.